The Hall–Kier alpha value is -2.55. The molecule has 0 saturated heterocycles. The summed E-state index contributed by atoms with van der Waals surface area (Å²) in [5, 5.41) is 12.9. The van der Waals surface area contributed by atoms with Crippen LogP contribution in [-0.2, 0) is 13.0 Å². The Morgan fingerprint density at radius 3 is 3.10 bits per heavy atom. The summed E-state index contributed by atoms with van der Waals surface area (Å²) in [7, 11) is 0. The monoisotopic (exact) mass is 284 g/mol. The summed E-state index contributed by atoms with van der Waals surface area (Å²) in [4.78, 5) is 3.91. The molecule has 108 valence electrons. The van der Waals surface area contributed by atoms with Crippen molar-refractivity contribution in [3.8, 4) is 17.6 Å². The molecule has 1 aromatic heterocycles. The third-order valence-electron chi connectivity index (χ3n) is 3.35. The average Bonchev–Trinajstić information content (AvgIpc) is 3.04. The van der Waals surface area contributed by atoms with Gasteiger partial charge in [-0.1, -0.05) is 0 Å². The van der Waals surface area contributed by atoms with Crippen molar-refractivity contribution < 1.29 is 9.47 Å². The summed E-state index contributed by atoms with van der Waals surface area (Å²) in [6.07, 6.45) is 2.64. The summed E-state index contributed by atoms with van der Waals surface area (Å²) in [6.45, 7) is 5.11. The van der Waals surface area contributed by atoms with Gasteiger partial charge in [0, 0.05) is 17.5 Å². The van der Waals surface area contributed by atoms with Crippen molar-refractivity contribution in [3.63, 3.8) is 0 Å². The largest absolute Gasteiger partial charge is 0.494 e. The molecule has 0 fully saturated rings. The fourth-order valence-corrected chi connectivity index (χ4v) is 2.49. The molecule has 0 unspecified atom stereocenters. The van der Waals surface area contributed by atoms with Gasteiger partial charge in [0.25, 0.3) is 5.82 Å². The van der Waals surface area contributed by atoms with Gasteiger partial charge in [-0.15, -0.1) is 5.10 Å². The van der Waals surface area contributed by atoms with Crippen molar-refractivity contribution in [2.24, 2.45) is 0 Å². The van der Waals surface area contributed by atoms with Gasteiger partial charge in [0.05, 0.1) is 13.2 Å². The number of ether oxygens (including phenoxy) is 2. The lowest BCUT2D eigenvalue weighted by molar-refractivity contribution is 0.254. The summed E-state index contributed by atoms with van der Waals surface area (Å²) in [6, 6.07) is 5.96. The maximum Gasteiger partial charge on any atom is 0.252 e. The fraction of sp³-hybridized carbons (Fsp3) is 0.400. The highest BCUT2D eigenvalue weighted by atomic mass is 16.5. The molecule has 3 rings (SSSR count). The first-order valence-corrected chi connectivity index (χ1v) is 6.94. The van der Waals surface area contributed by atoms with E-state index in [1.807, 2.05) is 25.1 Å². The van der Waals surface area contributed by atoms with Gasteiger partial charge < -0.3 is 9.47 Å². The molecule has 1 aliphatic rings. The van der Waals surface area contributed by atoms with Crippen molar-refractivity contribution in [3.05, 3.63) is 35.4 Å². The summed E-state index contributed by atoms with van der Waals surface area (Å²) in [5.41, 5.74) is 2.14. The van der Waals surface area contributed by atoms with E-state index in [0.29, 0.717) is 13.2 Å². The molecule has 0 saturated carbocycles. The Morgan fingerprint density at radius 2 is 2.38 bits per heavy atom. The molecule has 6 nitrogen and oxygen atoms in total. The van der Waals surface area contributed by atoms with Crippen LogP contribution in [0.5, 0.6) is 11.5 Å². The Bertz CT molecular complexity index is 702. The second kappa shape index (κ2) is 5.44. The van der Waals surface area contributed by atoms with E-state index in [2.05, 4.69) is 17.0 Å². The summed E-state index contributed by atoms with van der Waals surface area (Å²) < 4.78 is 13.1. The van der Waals surface area contributed by atoms with Gasteiger partial charge in [0.1, 0.15) is 30.0 Å². The van der Waals surface area contributed by atoms with Gasteiger partial charge in [-0.25, -0.2) is 9.67 Å². The lowest BCUT2D eigenvalue weighted by Gasteiger charge is -2.12. The van der Waals surface area contributed by atoms with E-state index in [-0.39, 0.29) is 11.9 Å². The van der Waals surface area contributed by atoms with E-state index in [1.165, 1.54) is 5.56 Å². The first-order valence-electron chi connectivity index (χ1n) is 6.94. The molecule has 21 heavy (non-hydrogen) atoms. The minimum absolute atomic E-state index is 0.166. The van der Waals surface area contributed by atoms with E-state index >= 15 is 0 Å². The lowest BCUT2D eigenvalue weighted by atomic mass is 10.1. The van der Waals surface area contributed by atoms with Crippen molar-refractivity contribution >= 4 is 0 Å². The van der Waals surface area contributed by atoms with Crippen LogP contribution in [0.1, 0.15) is 30.8 Å². The smallest absolute Gasteiger partial charge is 0.252 e. The van der Waals surface area contributed by atoms with Crippen molar-refractivity contribution in [1.82, 2.24) is 14.8 Å². The molecular weight excluding hydrogens is 268 g/mol. The highest BCUT2D eigenvalue weighted by Gasteiger charge is 2.22. The van der Waals surface area contributed by atoms with E-state index in [9.17, 15) is 0 Å². The van der Waals surface area contributed by atoms with Crippen LogP contribution in [0.4, 0.5) is 0 Å². The zero-order valence-electron chi connectivity index (χ0n) is 12.0. The highest BCUT2D eigenvalue weighted by molar-refractivity contribution is 5.48. The van der Waals surface area contributed by atoms with E-state index in [0.717, 1.165) is 23.5 Å². The predicted molar refractivity (Wildman–Crippen MR) is 75.2 cm³/mol. The summed E-state index contributed by atoms with van der Waals surface area (Å²) in [5.74, 6) is 1.91. The van der Waals surface area contributed by atoms with Gasteiger partial charge in [0.2, 0.25) is 0 Å². The molecule has 0 N–H and O–H groups in total. The van der Waals surface area contributed by atoms with Crippen LogP contribution in [0, 0.1) is 11.3 Å². The molecule has 2 aromatic rings. The lowest BCUT2D eigenvalue weighted by Crippen LogP contribution is -2.05. The molecule has 0 amide bonds. The number of nitriles is 1. The molecule has 6 heteroatoms. The zero-order valence-corrected chi connectivity index (χ0v) is 12.0. The quantitative estimate of drug-likeness (QED) is 0.857. The van der Waals surface area contributed by atoms with Gasteiger partial charge in [-0.05, 0) is 26.0 Å². The number of rotatable bonds is 4. The van der Waals surface area contributed by atoms with Crippen LogP contribution >= 0.6 is 0 Å². The topological polar surface area (TPSA) is 73.0 Å². The first kappa shape index (κ1) is 13.4. The second-order valence-corrected chi connectivity index (χ2v) is 5.01. The van der Waals surface area contributed by atoms with Gasteiger partial charge in [0.15, 0.2) is 0 Å². The Morgan fingerprint density at radius 1 is 1.52 bits per heavy atom. The van der Waals surface area contributed by atoms with Crippen molar-refractivity contribution in [1.29, 1.82) is 5.26 Å². The number of benzene rings is 1. The van der Waals surface area contributed by atoms with E-state index in [4.69, 9.17) is 14.7 Å². The molecular formula is C15H16N4O2. The first-order chi connectivity index (χ1) is 10.2. The number of fused-ring (bicyclic) bond motifs is 1. The standard InChI is InChI=1S/C15H16N4O2/c1-3-20-13-5-11-4-10(2)21-14(11)6-12(13)8-19-9-17-15(7-16)18-19/h5-6,9-10H,3-4,8H2,1-2H3/t10-/m1/s1. The maximum atomic E-state index is 8.78. The molecule has 0 radical (unpaired) electrons. The number of nitrogens with zero attached hydrogens (tertiary/aromatic N) is 4. The van der Waals surface area contributed by atoms with Gasteiger partial charge >= 0.3 is 0 Å². The van der Waals surface area contributed by atoms with Crippen LogP contribution in [-0.4, -0.2) is 27.5 Å². The zero-order chi connectivity index (χ0) is 14.8. The number of aromatic nitrogens is 3. The van der Waals surface area contributed by atoms with E-state index in [1.54, 1.807) is 11.0 Å². The molecule has 0 bridgehead atoms. The maximum absolute atomic E-state index is 8.78. The Kier molecular flexibility index (Phi) is 3.48. The SMILES string of the molecule is CCOc1cc2c(cc1Cn1cnc(C#N)n1)O[C@H](C)C2. The third-order valence-corrected chi connectivity index (χ3v) is 3.35. The molecule has 0 spiro atoms. The minimum atomic E-state index is 0.166. The third kappa shape index (κ3) is 2.68. The predicted octanol–water partition coefficient (Wildman–Crippen LogP) is 1.92. The summed E-state index contributed by atoms with van der Waals surface area (Å²) >= 11 is 0. The average molecular weight is 284 g/mol. The molecule has 1 atom stereocenters. The van der Waals surface area contributed by atoms with Crippen LogP contribution in [0.25, 0.3) is 0 Å². The highest BCUT2D eigenvalue weighted by Crippen LogP contribution is 2.35. The molecule has 1 aliphatic heterocycles. The normalized spacial score (nSPS) is 16.1. The fourth-order valence-electron chi connectivity index (χ4n) is 2.49. The molecule has 0 aliphatic carbocycles. The Labute approximate surface area is 122 Å². The van der Waals surface area contributed by atoms with Crippen molar-refractivity contribution in [2.75, 3.05) is 6.61 Å². The Balaban J connectivity index is 1.93. The van der Waals surface area contributed by atoms with E-state index < -0.39 is 0 Å². The number of hydrogen-bond acceptors (Lipinski definition) is 5. The van der Waals surface area contributed by atoms with Gasteiger partial charge in [-0.2, -0.15) is 5.26 Å². The van der Waals surface area contributed by atoms with Crippen LogP contribution in [0.15, 0.2) is 18.5 Å². The number of hydrogen-bond donors (Lipinski definition) is 0. The minimum Gasteiger partial charge on any atom is -0.494 e. The van der Waals surface area contributed by atoms with Crippen LogP contribution in [0.2, 0.25) is 0 Å². The van der Waals surface area contributed by atoms with Gasteiger partial charge in [-0.3, -0.25) is 0 Å². The van der Waals surface area contributed by atoms with Crippen LogP contribution < -0.4 is 9.47 Å². The van der Waals surface area contributed by atoms with Crippen LogP contribution in [0.3, 0.4) is 0 Å². The van der Waals surface area contributed by atoms with Crippen molar-refractivity contribution in [2.45, 2.75) is 32.9 Å². The molecule has 2 heterocycles. The molecule has 1 aromatic carbocycles. The second-order valence-electron chi connectivity index (χ2n) is 5.01.